The molecule has 1 saturated heterocycles. The van der Waals surface area contributed by atoms with E-state index in [1.807, 2.05) is 17.0 Å². The Morgan fingerprint density at radius 2 is 2.17 bits per heavy atom. The molecule has 6 nitrogen and oxygen atoms in total. The summed E-state index contributed by atoms with van der Waals surface area (Å²) < 4.78 is 10.8. The Hall–Kier alpha value is -1.37. The number of aliphatic hydroxyl groups excluding tert-OH is 1. The van der Waals surface area contributed by atoms with Gasteiger partial charge in [-0.3, -0.25) is 9.69 Å². The highest BCUT2D eigenvalue weighted by Gasteiger charge is 2.30. The first kappa shape index (κ1) is 17.5. The molecule has 0 aromatic carbocycles. The van der Waals surface area contributed by atoms with Crippen molar-refractivity contribution in [3.8, 4) is 0 Å². The van der Waals surface area contributed by atoms with Crippen molar-refractivity contribution in [2.24, 2.45) is 5.92 Å². The standard InChI is InChI=1S/C18H28N2O4/c21-16-4-1-3-15(13-16)18(22)20(14-17-5-2-10-24-17)7-6-19-8-11-23-12-9-19/h2,5,10,15-16,21H,1,3-4,6-9,11-14H2/t15-,16-/m0/s1. The van der Waals surface area contributed by atoms with Gasteiger partial charge in [-0.1, -0.05) is 6.42 Å². The number of rotatable bonds is 6. The van der Waals surface area contributed by atoms with Crippen molar-refractivity contribution < 1.29 is 19.1 Å². The van der Waals surface area contributed by atoms with Crippen molar-refractivity contribution >= 4 is 5.91 Å². The van der Waals surface area contributed by atoms with Crippen LogP contribution < -0.4 is 0 Å². The molecular weight excluding hydrogens is 308 g/mol. The van der Waals surface area contributed by atoms with Gasteiger partial charge >= 0.3 is 0 Å². The van der Waals surface area contributed by atoms with Crippen LogP contribution in [0.3, 0.4) is 0 Å². The number of carbonyl (C=O) groups excluding carboxylic acids is 1. The molecule has 134 valence electrons. The van der Waals surface area contributed by atoms with Crippen LogP contribution >= 0.6 is 0 Å². The van der Waals surface area contributed by atoms with E-state index in [0.717, 1.165) is 57.9 Å². The number of carbonyl (C=O) groups is 1. The monoisotopic (exact) mass is 336 g/mol. The summed E-state index contributed by atoms with van der Waals surface area (Å²) in [5.74, 6) is 0.897. The Kier molecular flexibility index (Phi) is 6.29. The number of furan rings is 1. The molecule has 1 aliphatic heterocycles. The van der Waals surface area contributed by atoms with Crippen molar-refractivity contribution in [3.63, 3.8) is 0 Å². The summed E-state index contributed by atoms with van der Waals surface area (Å²) in [6.07, 6.45) is 4.51. The molecule has 2 atom stereocenters. The van der Waals surface area contributed by atoms with E-state index in [2.05, 4.69) is 4.90 Å². The van der Waals surface area contributed by atoms with Gasteiger partial charge in [-0.2, -0.15) is 0 Å². The maximum atomic E-state index is 13.0. The molecule has 1 saturated carbocycles. The summed E-state index contributed by atoms with van der Waals surface area (Å²) in [5.41, 5.74) is 0. The molecule has 6 heteroatoms. The summed E-state index contributed by atoms with van der Waals surface area (Å²) in [4.78, 5) is 17.2. The lowest BCUT2D eigenvalue weighted by Gasteiger charge is -2.33. The number of hydrogen-bond acceptors (Lipinski definition) is 5. The molecule has 1 aromatic heterocycles. The highest BCUT2D eigenvalue weighted by atomic mass is 16.5. The van der Waals surface area contributed by atoms with E-state index in [4.69, 9.17) is 9.15 Å². The lowest BCUT2D eigenvalue weighted by Crippen LogP contribution is -2.45. The van der Waals surface area contributed by atoms with Crippen LogP contribution in [-0.2, 0) is 16.1 Å². The number of ether oxygens (including phenoxy) is 1. The molecule has 3 rings (SSSR count). The highest BCUT2D eigenvalue weighted by molar-refractivity contribution is 5.79. The second-order valence-electron chi connectivity index (χ2n) is 6.81. The zero-order valence-corrected chi connectivity index (χ0v) is 14.2. The van der Waals surface area contributed by atoms with E-state index in [0.29, 0.717) is 19.5 Å². The average Bonchev–Trinajstić information content (AvgIpc) is 3.12. The van der Waals surface area contributed by atoms with Crippen molar-refractivity contribution in [1.82, 2.24) is 9.80 Å². The number of aliphatic hydroxyl groups is 1. The van der Waals surface area contributed by atoms with Gasteiger partial charge in [0.25, 0.3) is 0 Å². The van der Waals surface area contributed by atoms with Gasteiger partial charge in [-0.15, -0.1) is 0 Å². The second kappa shape index (κ2) is 8.65. The van der Waals surface area contributed by atoms with Crippen LogP contribution in [0, 0.1) is 5.92 Å². The van der Waals surface area contributed by atoms with Crippen molar-refractivity contribution in [1.29, 1.82) is 0 Å². The summed E-state index contributed by atoms with van der Waals surface area (Å²) in [6, 6.07) is 3.76. The van der Waals surface area contributed by atoms with Crippen molar-refractivity contribution in [2.45, 2.75) is 38.3 Å². The van der Waals surface area contributed by atoms with Gasteiger partial charge in [0.05, 0.1) is 32.1 Å². The molecule has 1 aromatic rings. The number of hydrogen-bond donors (Lipinski definition) is 1. The van der Waals surface area contributed by atoms with E-state index < -0.39 is 0 Å². The van der Waals surface area contributed by atoms with Gasteiger partial charge in [-0.25, -0.2) is 0 Å². The molecule has 1 aliphatic carbocycles. The summed E-state index contributed by atoms with van der Waals surface area (Å²) in [6.45, 7) is 5.41. The molecule has 0 spiro atoms. The molecular formula is C18H28N2O4. The fourth-order valence-corrected chi connectivity index (χ4v) is 3.59. The topological polar surface area (TPSA) is 66.2 Å². The first-order valence-corrected chi connectivity index (χ1v) is 9.01. The Labute approximate surface area is 143 Å². The highest BCUT2D eigenvalue weighted by Crippen LogP contribution is 2.26. The van der Waals surface area contributed by atoms with E-state index in [1.54, 1.807) is 6.26 Å². The van der Waals surface area contributed by atoms with Gasteiger partial charge in [0.15, 0.2) is 0 Å². The van der Waals surface area contributed by atoms with E-state index in [9.17, 15) is 9.90 Å². The Balaban J connectivity index is 1.60. The van der Waals surface area contributed by atoms with Crippen molar-refractivity contribution in [2.75, 3.05) is 39.4 Å². The summed E-state index contributed by atoms with van der Waals surface area (Å²) >= 11 is 0. The zero-order valence-electron chi connectivity index (χ0n) is 14.2. The van der Waals surface area contributed by atoms with Crippen molar-refractivity contribution in [3.05, 3.63) is 24.2 Å². The third-order valence-electron chi connectivity index (χ3n) is 5.02. The Morgan fingerprint density at radius 3 is 2.88 bits per heavy atom. The number of morpholine rings is 1. The molecule has 0 unspecified atom stereocenters. The van der Waals surface area contributed by atoms with E-state index in [1.165, 1.54) is 0 Å². The average molecular weight is 336 g/mol. The molecule has 0 radical (unpaired) electrons. The zero-order chi connectivity index (χ0) is 16.8. The SMILES string of the molecule is O=C([C@H]1CCC[C@H](O)C1)N(CCN1CCOCC1)Cc1ccco1. The number of amides is 1. The summed E-state index contributed by atoms with van der Waals surface area (Å²) in [7, 11) is 0. The van der Waals surface area contributed by atoms with Gasteiger partial charge in [0.2, 0.25) is 5.91 Å². The fourth-order valence-electron chi connectivity index (χ4n) is 3.59. The predicted octanol–water partition coefficient (Wildman–Crippen LogP) is 1.49. The largest absolute Gasteiger partial charge is 0.467 e. The lowest BCUT2D eigenvalue weighted by molar-refractivity contribution is -0.139. The quantitative estimate of drug-likeness (QED) is 0.853. The van der Waals surface area contributed by atoms with Gasteiger partial charge in [0, 0.05) is 32.1 Å². The van der Waals surface area contributed by atoms with Crippen LogP contribution in [0.2, 0.25) is 0 Å². The third-order valence-corrected chi connectivity index (χ3v) is 5.02. The van der Waals surface area contributed by atoms with Crippen LogP contribution in [0.4, 0.5) is 0 Å². The van der Waals surface area contributed by atoms with Crippen LogP contribution in [0.15, 0.2) is 22.8 Å². The molecule has 2 aliphatic rings. The molecule has 2 fully saturated rings. The van der Waals surface area contributed by atoms with Crippen LogP contribution in [0.5, 0.6) is 0 Å². The van der Waals surface area contributed by atoms with Gasteiger partial charge in [-0.05, 0) is 31.4 Å². The fraction of sp³-hybridized carbons (Fsp3) is 0.722. The van der Waals surface area contributed by atoms with Gasteiger partial charge < -0.3 is 19.2 Å². The molecule has 1 N–H and O–H groups in total. The van der Waals surface area contributed by atoms with Crippen LogP contribution in [-0.4, -0.2) is 66.3 Å². The minimum absolute atomic E-state index is 0.0617. The minimum atomic E-state index is -0.336. The smallest absolute Gasteiger partial charge is 0.226 e. The number of nitrogens with zero attached hydrogens (tertiary/aromatic N) is 2. The first-order chi connectivity index (χ1) is 11.7. The first-order valence-electron chi connectivity index (χ1n) is 9.01. The maximum absolute atomic E-state index is 13.0. The molecule has 2 heterocycles. The maximum Gasteiger partial charge on any atom is 0.226 e. The van der Waals surface area contributed by atoms with E-state index in [-0.39, 0.29) is 17.9 Å². The molecule has 24 heavy (non-hydrogen) atoms. The summed E-state index contributed by atoms with van der Waals surface area (Å²) in [5, 5.41) is 9.89. The lowest BCUT2D eigenvalue weighted by atomic mass is 9.86. The Bertz CT molecular complexity index is 499. The molecule has 1 amide bonds. The minimum Gasteiger partial charge on any atom is -0.467 e. The normalized spacial score (nSPS) is 25.5. The Morgan fingerprint density at radius 1 is 1.33 bits per heavy atom. The second-order valence-corrected chi connectivity index (χ2v) is 6.81. The third kappa shape index (κ3) is 4.82. The van der Waals surface area contributed by atoms with E-state index >= 15 is 0 Å². The molecule has 0 bridgehead atoms. The van der Waals surface area contributed by atoms with Crippen LogP contribution in [0.25, 0.3) is 0 Å². The predicted molar refractivity (Wildman–Crippen MR) is 89.3 cm³/mol. The van der Waals surface area contributed by atoms with Gasteiger partial charge in [0.1, 0.15) is 5.76 Å². The van der Waals surface area contributed by atoms with Crippen LogP contribution in [0.1, 0.15) is 31.4 Å².